The average Bonchev–Trinajstić information content (AvgIpc) is 2.60. The first-order valence-corrected chi connectivity index (χ1v) is 8.96. The first kappa shape index (κ1) is 18.0. The molecule has 2 N–H and O–H groups in total. The van der Waals surface area contributed by atoms with Gasteiger partial charge in [-0.3, -0.25) is 4.79 Å². The van der Waals surface area contributed by atoms with Gasteiger partial charge in [-0.1, -0.05) is 30.3 Å². The molecule has 128 valence electrons. The Balaban J connectivity index is 1.90. The lowest BCUT2D eigenvalue weighted by molar-refractivity contribution is -0.122. The van der Waals surface area contributed by atoms with Crippen LogP contribution in [-0.2, 0) is 21.2 Å². The maximum Gasteiger partial charge on any atom is 0.257 e. The SMILES string of the molecule is CNC(=O)COc1ccc(S(=O)(=O)NCCc2ccccc2)cc1. The van der Waals surface area contributed by atoms with E-state index in [4.69, 9.17) is 4.74 Å². The minimum absolute atomic E-state index is 0.113. The fourth-order valence-electron chi connectivity index (χ4n) is 1.99. The lowest BCUT2D eigenvalue weighted by Gasteiger charge is -2.09. The van der Waals surface area contributed by atoms with Crippen molar-refractivity contribution in [2.75, 3.05) is 20.2 Å². The van der Waals surface area contributed by atoms with Crippen LogP contribution in [0.3, 0.4) is 0 Å². The van der Waals surface area contributed by atoms with Gasteiger partial charge in [0.25, 0.3) is 5.91 Å². The van der Waals surface area contributed by atoms with Crippen molar-refractivity contribution in [2.45, 2.75) is 11.3 Å². The Morgan fingerprint density at radius 2 is 1.71 bits per heavy atom. The Morgan fingerprint density at radius 1 is 1.04 bits per heavy atom. The summed E-state index contributed by atoms with van der Waals surface area (Å²) >= 11 is 0. The average molecular weight is 348 g/mol. The molecule has 0 unspecified atom stereocenters. The van der Waals surface area contributed by atoms with Crippen LogP contribution in [0.4, 0.5) is 0 Å². The Morgan fingerprint density at radius 3 is 2.33 bits per heavy atom. The molecule has 7 heteroatoms. The summed E-state index contributed by atoms with van der Waals surface area (Å²) in [7, 11) is -2.05. The van der Waals surface area contributed by atoms with Crippen molar-refractivity contribution >= 4 is 15.9 Å². The smallest absolute Gasteiger partial charge is 0.257 e. The van der Waals surface area contributed by atoms with Crippen LogP contribution >= 0.6 is 0 Å². The highest BCUT2D eigenvalue weighted by Crippen LogP contribution is 2.15. The molecule has 0 aliphatic heterocycles. The minimum atomic E-state index is -3.57. The van der Waals surface area contributed by atoms with Crippen molar-refractivity contribution < 1.29 is 17.9 Å². The van der Waals surface area contributed by atoms with Crippen molar-refractivity contribution in [3.05, 3.63) is 60.2 Å². The number of carbonyl (C=O) groups excluding carboxylic acids is 1. The summed E-state index contributed by atoms with van der Waals surface area (Å²) in [6.45, 7) is 0.208. The molecule has 0 atom stereocenters. The molecule has 2 aromatic carbocycles. The van der Waals surface area contributed by atoms with Crippen molar-refractivity contribution in [3.8, 4) is 5.75 Å². The van der Waals surface area contributed by atoms with E-state index in [0.29, 0.717) is 18.7 Å². The topological polar surface area (TPSA) is 84.5 Å². The van der Waals surface area contributed by atoms with E-state index in [-0.39, 0.29) is 17.4 Å². The summed E-state index contributed by atoms with van der Waals surface area (Å²) in [6.07, 6.45) is 0.618. The minimum Gasteiger partial charge on any atom is -0.484 e. The van der Waals surface area contributed by atoms with Gasteiger partial charge in [0.05, 0.1) is 4.90 Å². The zero-order valence-corrected chi connectivity index (χ0v) is 14.2. The summed E-state index contributed by atoms with van der Waals surface area (Å²) in [5, 5.41) is 2.44. The third kappa shape index (κ3) is 5.36. The molecule has 2 aromatic rings. The molecule has 0 bridgehead atoms. The lowest BCUT2D eigenvalue weighted by Crippen LogP contribution is -2.26. The van der Waals surface area contributed by atoms with Crippen molar-refractivity contribution in [3.63, 3.8) is 0 Å². The highest BCUT2D eigenvalue weighted by Gasteiger charge is 2.13. The molecule has 0 spiro atoms. The zero-order valence-electron chi connectivity index (χ0n) is 13.4. The Hall–Kier alpha value is -2.38. The number of ether oxygens (including phenoxy) is 1. The van der Waals surface area contributed by atoms with Gasteiger partial charge in [0, 0.05) is 13.6 Å². The standard InChI is InChI=1S/C17H20N2O4S/c1-18-17(20)13-23-15-7-9-16(10-8-15)24(21,22)19-12-11-14-5-3-2-4-6-14/h2-10,19H,11-13H2,1H3,(H,18,20). The summed E-state index contributed by atoms with van der Waals surface area (Å²) in [6, 6.07) is 15.6. The number of benzene rings is 2. The van der Waals surface area contributed by atoms with Crippen LogP contribution in [0.1, 0.15) is 5.56 Å². The van der Waals surface area contributed by atoms with Gasteiger partial charge in [-0.05, 0) is 36.2 Å². The van der Waals surface area contributed by atoms with Crippen molar-refractivity contribution in [1.29, 1.82) is 0 Å². The summed E-state index contributed by atoms with van der Waals surface area (Å²) in [5.74, 6) is 0.177. The molecule has 0 aromatic heterocycles. The molecular formula is C17H20N2O4S. The first-order valence-electron chi connectivity index (χ1n) is 7.48. The van der Waals surface area contributed by atoms with Crippen LogP contribution in [0.2, 0.25) is 0 Å². The third-order valence-corrected chi connectivity index (χ3v) is 4.81. The molecule has 0 fully saturated rings. The third-order valence-electron chi connectivity index (χ3n) is 3.33. The van der Waals surface area contributed by atoms with E-state index in [2.05, 4.69) is 10.0 Å². The van der Waals surface area contributed by atoms with Crippen LogP contribution in [-0.4, -0.2) is 34.5 Å². The van der Waals surface area contributed by atoms with Gasteiger partial charge in [-0.2, -0.15) is 0 Å². The number of carbonyl (C=O) groups is 1. The van der Waals surface area contributed by atoms with E-state index in [1.54, 1.807) is 0 Å². The number of likely N-dealkylation sites (N-methyl/N-ethyl adjacent to an activating group) is 1. The molecular weight excluding hydrogens is 328 g/mol. The number of hydrogen-bond donors (Lipinski definition) is 2. The number of sulfonamides is 1. The predicted molar refractivity (Wildman–Crippen MR) is 91.3 cm³/mol. The molecule has 2 rings (SSSR count). The van der Waals surface area contributed by atoms with Gasteiger partial charge in [0.15, 0.2) is 6.61 Å². The molecule has 1 amide bonds. The van der Waals surface area contributed by atoms with E-state index in [1.165, 1.54) is 31.3 Å². The van der Waals surface area contributed by atoms with E-state index in [0.717, 1.165) is 5.56 Å². The molecule has 24 heavy (non-hydrogen) atoms. The Kier molecular flexibility index (Phi) is 6.34. The highest BCUT2D eigenvalue weighted by atomic mass is 32.2. The first-order chi connectivity index (χ1) is 11.5. The number of rotatable bonds is 8. The van der Waals surface area contributed by atoms with Crippen molar-refractivity contribution in [2.24, 2.45) is 0 Å². The largest absolute Gasteiger partial charge is 0.484 e. The molecule has 0 aliphatic rings. The van der Waals surface area contributed by atoms with Gasteiger partial charge in [-0.15, -0.1) is 0 Å². The Bertz CT molecular complexity index is 759. The second kappa shape index (κ2) is 8.47. The van der Waals surface area contributed by atoms with Gasteiger partial charge < -0.3 is 10.1 Å². The Labute approximate surface area is 141 Å². The quantitative estimate of drug-likeness (QED) is 0.754. The maximum absolute atomic E-state index is 12.2. The number of hydrogen-bond acceptors (Lipinski definition) is 4. The monoisotopic (exact) mass is 348 g/mol. The van der Waals surface area contributed by atoms with E-state index < -0.39 is 10.0 Å². The summed E-state index contributed by atoms with van der Waals surface area (Å²) in [4.78, 5) is 11.3. The van der Waals surface area contributed by atoms with Gasteiger partial charge in [0.1, 0.15) is 5.75 Å². The zero-order chi connectivity index (χ0) is 17.4. The summed E-state index contributed by atoms with van der Waals surface area (Å²) in [5.41, 5.74) is 1.07. The number of amides is 1. The normalized spacial score (nSPS) is 11.0. The summed E-state index contributed by atoms with van der Waals surface area (Å²) < 4.78 is 32.3. The highest BCUT2D eigenvalue weighted by molar-refractivity contribution is 7.89. The molecule has 0 radical (unpaired) electrons. The van der Waals surface area contributed by atoms with Crippen LogP contribution in [0, 0.1) is 0 Å². The van der Waals surface area contributed by atoms with Crippen LogP contribution in [0.25, 0.3) is 0 Å². The molecule has 0 heterocycles. The second-order valence-electron chi connectivity index (χ2n) is 5.07. The molecule has 6 nitrogen and oxygen atoms in total. The van der Waals surface area contributed by atoms with Gasteiger partial charge >= 0.3 is 0 Å². The molecule has 0 saturated carbocycles. The van der Waals surface area contributed by atoms with E-state index >= 15 is 0 Å². The lowest BCUT2D eigenvalue weighted by atomic mass is 10.2. The number of nitrogens with one attached hydrogen (secondary N) is 2. The van der Waals surface area contributed by atoms with Crippen LogP contribution in [0.15, 0.2) is 59.5 Å². The maximum atomic E-state index is 12.2. The molecule has 0 aliphatic carbocycles. The van der Waals surface area contributed by atoms with Crippen LogP contribution < -0.4 is 14.8 Å². The fourth-order valence-corrected chi connectivity index (χ4v) is 3.03. The molecule has 0 saturated heterocycles. The van der Waals surface area contributed by atoms with E-state index in [1.807, 2.05) is 30.3 Å². The van der Waals surface area contributed by atoms with Crippen molar-refractivity contribution in [1.82, 2.24) is 10.0 Å². The second-order valence-corrected chi connectivity index (χ2v) is 6.83. The van der Waals surface area contributed by atoms with Gasteiger partial charge in [0.2, 0.25) is 10.0 Å². The van der Waals surface area contributed by atoms with Gasteiger partial charge in [-0.25, -0.2) is 13.1 Å². The van der Waals surface area contributed by atoms with E-state index in [9.17, 15) is 13.2 Å². The fraction of sp³-hybridized carbons (Fsp3) is 0.235. The predicted octanol–water partition coefficient (Wildman–Crippen LogP) is 1.33. The van der Waals surface area contributed by atoms with Crippen LogP contribution in [0.5, 0.6) is 5.75 Å².